The molecule has 0 bridgehead atoms. The van der Waals surface area contributed by atoms with Crippen molar-refractivity contribution in [3.05, 3.63) is 35.4 Å². The summed E-state index contributed by atoms with van der Waals surface area (Å²) in [5.41, 5.74) is 2.85. The summed E-state index contributed by atoms with van der Waals surface area (Å²) in [4.78, 5) is 2.60. The van der Waals surface area contributed by atoms with Gasteiger partial charge in [-0.05, 0) is 63.2 Å². The van der Waals surface area contributed by atoms with Gasteiger partial charge in [0.05, 0.1) is 0 Å². The second-order valence-electron chi connectivity index (χ2n) is 7.06. The van der Waals surface area contributed by atoms with E-state index < -0.39 is 0 Å². The van der Waals surface area contributed by atoms with Gasteiger partial charge in [0.1, 0.15) is 0 Å². The molecule has 0 radical (unpaired) electrons. The first-order valence-electron chi connectivity index (χ1n) is 8.62. The molecule has 1 saturated heterocycles. The van der Waals surface area contributed by atoms with Gasteiger partial charge in [-0.15, -0.1) is 0 Å². The van der Waals surface area contributed by atoms with E-state index in [0.29, 0.717) is 12.1 Å². The van der Waals surface area contributed by atoms with Crippen LogP contribution in [-0.4, -0.2) is 30.6 Å². The van der Waals surface area contributed by atoms with E-state index >= 15 is 0 Å². The van der Waals surface area contributed by atoms with Gasteiger partial charge in [0.25, 0.3) is 0 Å². The van der Waals surface area contributed by atoms with E-state index in [1.807, 2.05) is 0 Å². The molecule has 1 heterocycles. The Morgan fingerprint density at radius 3 is 2.19 bits per heavy atom. The molecule has 0 saturated carbocycles. The van der Waals surface area contributed by atoms with Crippen molar-refractivity contribution in [3.63, 3.8) is 0 Å². The maximum atomic E-state index is 3.69. The van der Waals surface area contributed by atoms with Crippen molar-refractivity contribution < 1.29 is 0 Å². The molecular weight excluding hydrogens is 256 g/mol. The quantitative estimate of drug-likeness (QED) is 0.815. The van der Waals surface area contributed by atoms with Gasteiger partial charge in [0.15, 0.2) is 0 Å². The molecule has 2 nitrogen and oxygen atoms in total. The van der Waals surface area contributed by atoms with Gasteiger partial charge in [-0.1, -0.05) is 38.1 Å². The van der Waals surface area contributed by atoms with Gasteiger partial charge in [0, 0.05) is 18.6 Å². The van der Waals surface area contributed by atoms with Gasteiger partial charge < -0.3 is 5.32 Å². The fourth-order valence-electron chi connectivity index (χ4n) is 3.19. The number of benzene rings is 1. The third-order valence-electron chi connectivity index (χ3n) is 4.61. The first-order chi connectivity index (χ1) is 10.1. The number of nitrogens with zero attached hydrogens (tertiary/aromatic N) is 1. The van der Waals surface area contributed by atoms with Gasteiger partial charge in [-0.25, -0.2) is 0 Å². The molecule has 1 fully saturated rings. The molecule has 2 atom stereocenters. The highest BCUT2D eigenvalue weighted by Gasteiger charge is 2.18. The third kappa shape index (κ3) is 5.12. The first-order valence-corrected chi connectivity index (χ1v) is 8.62. The molecule has 21 heavy (non-hydrogen) atoms. The van der Waals surface area contributed by atoms with Crippen molar-refractivity contribution in [2.75, 3.05) is 19.6 Å². The Hall–Kier alpha value is -0.860. The van der Waals surface area contributed by atoms with Crippen LogP contribution < -0.4 is 5.32 Å². The van der Waals surface area contributed by atoms with E-state index in [-0.39, 0.29) is 0 Å². The van der Waals surface area contributed by atoms with Crippen LogP contribution in [0.15, 0.2) is 24.3 Å². The minimum absolute atomic E-state index is 0.433. The second kappa shape index (κ2) is 7.95. The lowest BCUT2D eigenvalue weighted by Crippen LogP contribution is -2.39. The minimum Gasteiger partial charge on any atom is -0.309 e. The zero-order valence-electron chi connectivity index (χ0n) is 14.2. The number of hydrogen-bond donors (Lipinski definition) is 1. The monoisotopic (exact) mass is 288 g/mol. The molecule has 118 valence electrons. The first kappa shape index (κ1) is 16.5. The van der Waals surface area contributed by atoms with E-state index in [0.717, 1.165) is 12.5 Å². The van der Waals surface area contributed by atoms with Crippen LogP contribution in [0.25, 0.3) is 0 Å². The molecule has 2 unspecified atom stereocenters. The van der Waals surface area contributed by atoms with Crippen LogP contribution in [0.4, 0.5) is 0 Å². The molecule has 2 heteroatoms. The fourth-order valence-corrected chi connectivity index (χ4v) is 3.19. The van der Waals surface area contributed by atoms with E-state index in [4.69, 9.17) is 0 Å². The number of likely N-dealkylation sites (tertiary alicyclic amines) is 1. The number of nitrogens with one attached hydrogen (secondary N) is 1. The summed E-state index contributed by atoms with van der Waals surface area (Å²) >= 11 is 0. The van der Waals surface area contributed by atoms with Crippen molar-refractivity contribution in [2.45, 2.75) is 59.0 Å². The molecule has 1 aliphatic heterocycles. The highest BCUT2D eigenvalue weighted by Crippen LogP contribution is 2.16. The summed E-state index contributed by atoms with van der Waals surface area (Å²) in [6.45, 7) is 12.8. The highest BCUT2D eigenvalue weighted by atomic mass is 15.2. The summed E-state index contributed by atoms with van der Waals surface area (Å²) in [7, 11) is 0. The van der Waals surface area contributed by atoms with E-state index in [9.17, 15) is 0 Å². The molecule has 1 aromatic rings. The molecule has 0 aliphatic carbocycles. The average Bonchev–Trinajstić information content (AvgIpc) is 2.99. The van der Waals surface area contributed by atoms with Crippen LogP contribution in [0.5, 0.6) is 0 Å². The summed E-state index contributed by atoms with van der Waals surface area (Å²) in [6.07, 6.45) is 3.92. The molecule has 1 aromatic carbocycles. The average molecular weight is 288 g/mol. The normalized spacial score (nSPS) is 19.1. The molecule has 2 rings (SSSR count). The van der Waals surface area contributed by atoms with Crippen molar-refractivity contribution in [1.29, 1.82) is 0 Å². The highest BCUT2D eigenvalue weighted by molar-refractivity contribution is 5.25. The van der Waals surface area contributed by atoms with Crippen LogP contribution in [0.1, 0.15) is 57.7 Å². The van der Waals surface area contributed by atoms with Gasteiger partial charge in [-0.2, -0.15) is 0 Å². The minimum atomic E-state index is 0.433. The molecular formula is C19H32N2. The molecule has 1 aliphatic rings. The van der Waals surface area contributed by atoms with Crippen LogP contribution >= 0.6 is 0 Å². The molecule has 1 N–H and O–H groups in total. The number of hydrogen-bond acceptors (Lipinski definition) is 2. The van der Waals surface area contributed by atoms with Crippen molar-refractivity contribution in [2.24, 2.45) is 5.92 Å². The summed E-state index contributed by atoms with van der Waals surface area (Å²) in [5.74, 6) is 0.729. The maximum Gasteiger partial charge on any atom is 0.0292 e. The zero-order valence-corrected chi connectivity index (χ0v) is 14.2. The molecule has 0 aromatic heterocycles. The predicted octanol–water partition coefficient (Wildman–Crippen LogP) is 4.02. The van der Waals surface area contributed by atoms with Gasteiger partial charge in [-0.3, -0.25) is 4.90 Å². The van der Waals surface area contributed by atoms with Crippen LogP contribution in [0.2, 0.25) is 0 Å². The zero-order chi connectivity index (χ0) is 15.2. The Labute approximate surface area is 130 Å². The molecule has 0 spiro atoms. The Kier molecular flexibility index (Phi) is 6.25. The number of rotatable bonds is 7. The topological polar surface area (TPSA) is 15.3 Å². The SMILES string of the molecule is CC(C)Cc1ccc(C(C)NCC(C)N2CCCC2)cc1. The van der Waals surface area contributed by atoms with Gasteiger partial charge in [0.2, 0.25) is 0 Å². The molecule has 0 amide bonds. The van der Waals surface area contributed by atoms with Crippen molar-refractivity contribution in [1.82, 2.24) is 10.2 Å². The lowest BCUT2D eigenvalue weighted by molar-refractivity contribution is 0.247. The largest absolute Gasteiger partial charge is 0.309 e. The van der Waals surface area contributed by atoms with E-state index in [2.05, 4.69) is 62.2 Å². The smallest absolute Gasteiger partial charge is 0.0292 e. The van der Waals surface area contributed by atoms with Crippen LogP contribution in [0, 0.1) is 5.92 Å². The van der Waals surface area contributed by atoms with Gasteiger partial charge >= 0.3 is 0 Å². The Morgan fingerprint density at radius 1 is 1.00 bits per heavy atom. The Bertz CT molecular complexity index is 404. The second-order valence-corrected chi connectivity index (χ2v) is 7.06. The maximum absolute atomic E-state index is 3.69. The summed E-state index contributed by atoms with van der Waals surface area (Å²) in [5, 5.41) is 3.69. The summed E-state index contributed by atoms with van der Waals surface area (Å²) in [6, 6.07) is 10.2. The third-order valence-corrected chi connectivity index (χ3v) is 4.61. The standard InChI is InChI=1S/C19H32N2/c1-15(2)13-18-7-9-19(10-8-18)17(4)20-14-16(3)21-11-5-6-12-21/h7-10,15-17,20H,5-6,11-14H2,1-4H3. The van der Waals surface area contributed by atoms with E-state index in [1.165, 1.54) is 43.5 Å². The predicted molar refractivity (Wildman–Crippen MR) is 91.7 cm³/mol. The Balaban J connectivity index is 1.80. The summed E-state index contributed by atoms with van der Waals surface area (Å²) < 4.78 is 0. The van der Waals surface area contributed by atoms with Crippen LogP contribution in [0.3, 0.4) is 0 Å². The van der Waals surface area contributed by atoms with Crippen LogP contribution in [-0.2, 0) is 6.42 Å². The fraction of sp³-hybridized carbons (Fsp3) is 0.684. The Morgan fingerprint density at radius 2 is 1.62 bits per heavy atom. The van der Waals surface area contributed by atoms with E-state index in [1.54, 1.807) is 0 Å². The lowest BCUT2D eigenvalue weighted by Gasteiger charge is -2.26. The van der Waals surface area contributed by atoms with Crippen molar-refractivity contribution >= 4 is 0 Å². The lowest BCUT2D eigenvalue weighted by atomic mass is 10.00. The van der Waals surface area contributed by atoms with Crippen molar-refractivity contribution in [3.8, 4) is 0 Å².